The zero-order valence-corrected chi connectivity index (χ0v) is 14.6. The van der Waals surface area contributed by atoms with Crippen molar-refractivity contribution < 1.29 is 0 Å². The Labute approximate surface area is 146 Å². The van der Waals surface area contributed by atoms with Crippen LogP contribution in [-0.2, 0) is 6.54 Å². The molecule has 1 aromatic carbocycles. The number of fused-ring (bicyclic) bond motifs is 2. The van der Waals surface area contributed by atoms with Crippen LogP contribution in [-0.4, -0.2) is 31.6 Å². The van der Waals surface area contributed by atoms with Crippen molar-refractivity contribution in [2.24, 2.45) is 0 Å². The predicted octanol–water partition coefficient (Wildman–Crippen LogP) is 3.43. The molecule has 0 radical (unpaired) electrons. The van der Waals surface area contributed by atoms with E-state index in [1.807, 2.05) is 48.1 Å². The molecule has 25 heavy (non-hydrogen) atoms. The molecule has 0 bridgehead atoms. The average Bonchev–Trinajstić information content (AvgIpc) is 3.09. The summed E-state index contributed by atoms with van der Waals surface area (Å²) >= 11 is 0. The van der Waals surface area contributed by atoms with Crippen molar-refractivity contribution in [1.82, 2.24) is 24.6 Å². The van der Waals surface area contributed by atoms with Crippen LogP contribution in [0.4, 0.5) is 5.82 Å². The van der Waals surface area contributed by atoms with E-state index in [1.54, 1.807) is 6.20 Å². The van der Waals surface area contributed by atoms with E-state index in [2.05, 4.69) is 39.9 Å². The molecule has 0 fully saturated rings. The molecule has 6 heteroatoms. The molecule has 0 unspecified atom stereocenters. The lowest BCUT2D eigenvalue weighted by atomic mass is 10.1. The Bertz CT molecular complexity index is 1040. The highest BCUT2D eigenvalue weighted by Gasteiger charge is 2.13. The van der Waals surface area contributed by atoms with Gasteiger partial charge >= 0.3 is 0 Å². The summed E-state index contributed by atoms with van der Waals surface area (Å²) in [5.41, 5.74) is 4.66. The van der Waals surface area contributed by atoms with Gasteiger partial charge in [-0.05, 0) is 18.1 Å². The molecule has 0 N–H and O–H groups in total. The number of aromatic nitrogens is 5. The summed E-state index contributed by atoms with van der Waals surface area (Å²) in [5, 5.41) is 4.41. The van der Waals surface area contributed by atoms with Crippen molar-refractivity contribution >= 4 is 22.5 Å². The van der Waals surface area contributed by atoms with Crippen LogP contribution in [0.15, 0.2) is 48.8 Å². The SMILES string of the molecule is CC(C)c1cc(N(C)Cc2cnc3ccccc3n2)n2nccc2n1. The lowest BCUT2D eigenvalue weighted by Gasteiger charge is -2.21. The maximum atomic E-state index is 4.72. The van der Waals surface area contributed by atoms with E-state index >= 15 is 0 Å². The first kappa shape index (κ1) is 15.5. The summed E-state index contributed by atoms with van der Waals surface area (Å²) < 4.78 is 1.86. The molecule has 0 aliphatic heterocycles. The van der Waals surface area contributed by atoms with E-state index in [9.17, 15) is 0 Å². The Balaban J connectivity index is 1.71. The molecule has 0 amide bonds. The molecule has 0 saturated carbocycles. The Morgan fingerprint density at radius 1 is 1.08 bits per heavy atom. The molecule has 0 saturated heterocycles. The molecule has 4 rings (SSSR count). The van der Waals surface area contributed by atoms with E-state index in [-0.39, 0.29) is 0 Å². The van der Waals surface area contributed by atoms with Crippen LogP contribution in [0.2, 0.25) is 0 Å². The van der Waals surface area contributed by atoms with Crippen LogP contribution >= 0.6 is 0 Å². The van der Waals surface area contributed by atoms with Crippen LogP contribution in [0.25, 0.3) is 16.7 Å². The van der Waals surface area contributed by atoms with Crippen molar-refractivity contribution in [3.8, 4) is 0 Å². The third kappa shape index (κ3) is 2.91. The summed E-state index contributed by atoms with van der Waals surface area (Å²) in [5.74, 6) is 1.35. The monoisotopic (exact) mass is 332 g/mol. The van der Waals surface area contributed by atoms with Crippen LogP contribution in [0.5, 0.6) is 0 Å². The van der Waals surface area contributed by atoms with Gasteiger partial charge in [-0.3, -0.25) is 4.98 Å². The highest BCUT2D eigenvalue weighted by molar-refractivity contribution is 5.73. The van der Waals surface area contributed by atoms with Crippen LogP contribution < -0.4 is 4.90 Å². The molecule has 0 atom stereocenters. The number of benzene rings is 1. The van der Waals surface area contributed by atoms with E-state index in [1.165, 1.54) is 0 Å². The summed E-state index contributed by atoms with van der Waals surface area (Å²) in [6.45, 7) is 4.94. The molecule has 4 aromatic rings. The number of nitrogens with zero attached hydrogens (tertiary/aromatic N) is 6. The van der Waals surface area contributed by atoms with Crippen LogP contribution in [0, 0.1) is 0 Å². The zero-order valence-electron chi connectivity index (χ0n) is 14.6. The van der Waals surface area contributed by atoms with E-state index < -0.39 is 0 Å². The highest BCUT2D eigenvalue weighted by Crippen LogP contribution is 2.22. The first-order chi connectivity index (χ1) is 12.1. The molecule has 0 aliphatic rings. The van der Waals surface area contributed by atoms with Gasteiger partial charge < -0.3 is 4.90 Å². The molecular weight excluding hydrogens is 312 g/mol. The molecule has 3 aromatic heterocycles. The van der Waals surface area contributed by atoms with Crippen molar-refractivity contribution in [2.45, 2.75) is 26.3 Å². The maximum absolute atomic E-state index is 4.72. The van der Waals surface area contributed by atoms with Gasteiger partial charge in [-0.2, -0.15) is 9.61 Å². The first-order valence-electron chi connectivity index (χ1n) is 8.38. The lowest BCUT2D eigenvalue weighted by molar-refractivity contribution is 0.779. The topological polar surface area (TPSA) is 59.2 Å². The number of hydrogen-bond acceptors (Lipinski definition) is 5. The highest BCUT2D eigenvalue weighted by atomic mass is 15.3. The minimum Gasteiger partial charge on any atom is -0.354 e. The largest absolute Gasteiger partial charge is 0.354 e. The third-order valence-corrected chi connectivity index (χ3v) is 4.24. The van der Waals surface area contributed by atoms with E-state index in [0.29, 0.717) is 12.5 Å². The minimum absolute atomic E-state index is 0.354. The lowest BCUT2D eigenvalue weighted by Crippen LogP contribution is -2.21. The first-order valence-corrected chi connectivity index (χ1v) is 8.38. The Morgan fingerprint density at radius 2 is 1.88 bits per heavy atom. The van der Waals surface area contributed by atoms with Crippen LogP contribution in [0.3, 0.4) is 0 Å². The van der Waals surface area contributed by atoms with E-state index in [0.717, 1.165) is 33.9 Å². The van der Waals surface area contributed by atoms with Crippen molar-refractivity contribution in [2.75, 3.05) is 11.9 Å². The molecule has 0 aliphatic carbocycles. The second kappa shape index (κ2) is 6.12. The predicted molar refractivity (Wildman–Crippen MR) is 98.7 cm³/mol. The second-order valence-electron chi connectivity index (χ2n) is 6.50. The van der Waals surface area contributed by atoms with Gasteiger partial charge in [-0.1, -0.05) is 26.0 Å². The van der Waals surface area contributed by atoms with Crippen LogP contribution in [0.1, 0.15) is 31.2 Å². The summed E-state index contributed by atoms with van der Waals surface area (Å²) in [6.07, 6.45) is 3.61. The molecule has 126 valence electrons. The maximum Gasteiger partial charge on any atom is 0.157 e. The third-order valence-electron chi connectivity index (χ3n) is 4.24. The number of anilines is 1. The molecule has 3 heterocycles. The fourth-order valence-corrected chi connectivity index (χ4v) is 2.88. The minimum atomic E-state index is 0.354. The van der Waals surface area contributed by atoms with Gasteiger partial charge in [0.05, 0.1) is 35.7 Å². The van der Waals surface area contributed by atoms with Crippen molar-refractivity contribution in [3.63, 3.8) is 0 Å². The number of rotatable bonds is 4. The number of hydrogen-bond donors (Lipinski definition) is 0. The Hall–Kier alpha value is -3.02. The van der Waals surface area contributed by atoms with Gasteiger partial charge in [0.1, 0.15) is 5.82 Å². The van der Waals surface area contributed by atoms with E-state index in [4.69, 9.17) is 4.98 Å². The quantitative estimate of drug-likeness (QED) is 0.573. The van der Waals surface area contributed by atoms with Gasteiger partial charge in [-0.25, -0.2) is 9.97 Å². The van der Waals surface area contributed by atoms with Crippen molar-refractivity contribution in [3.05, 3.63) is 60.2 Å². The van der Waals surface area contributed by atoms with Gasteiger partial charge in [0.2, 0.25) is 0 Å². The summed E-state index contributed by atoms with van der Waals surface area (Å²) in [7, 11) is 2.04. The zero-order chi connectivity index (χ0) is 17.4. The summed E-state index contributed by atoms with van der Waals surface area (Å²) in [4.78, 5) is 16.0. The Kier molecular flexibility index (Phi) is 3.80. The Morgan fingerprint density at radius 3 is 2.68 bits per heavy atom. The molecule has 6 nitrogen and oxygen atoms in total. The normalized spacial score (nSPS) is 11.5. The average molecular weight is 332 g/mol. The summed E-state index contributed by atoms with van der Waals surface area (Å²) in [6, 6.07) is 11.9. The van der Waals surface area contributed by atoms with Crippen molar-refractivity contribution in [1.29, 1.82) is 0 Å². The standard InChI is InChI=1S/C19H20N6/c1-13(2)17-10-19(25-18(23-17)8-9-21-25)24(3)12-14-11-20-15-6-4-5-7-16(15)22-14/h4-11,13H,12H2,1-3H3. The second-order valence-corrected chi connectivity index (χ2v) is 6.50. The van der Waals surface area contributed by atoms with Gasteiger partial charge in [0, 0.05) is 24.9 Å². The fourth-order valence-electron chi connectivity index (χ4n) is 2.88. The fraction of sp³-hybridized carbons (Fsp3) is 0.263. The smallest absolute Gasteiger partial charge is 0.157 e. The van der Waals surface area contributed by atoms with Gasteiger partial charge in [-0.15, -0.1) is 0 Å². The molecule has 0 spiro atoms. The van der Waals surface area contributed by atoms with Gasteiger partial charge in [0.25, 0.3) is 0 Å². The van der Waals surface area contributed by atoms with Gasteiger partial charge in [0.15, 0.2) is 5.65 Å². The molecular formula is C19H20N6. The number of para-hydroxylation sites is 2.